The van der Waals surface area contributed by atoms with Gasteiger partial charge in [0.15, 0.2) is 5.78 Å². The lowest BCUT2D eigenvalue weighted by Crippen LogP contribution is -2.37. The van der Waals surface area contributed by atoms with Crippen molar-refractivity contribution in [3.8, 4) is 0 Å². The maximum atomic E-state index is 11.7. The van der Waals surface area contributed by atoms with Crippen LogP contribution in [0.1, 0.15) is 17.5 Å². The molecular weight excluding hydrogens is 228 g/mol. The number of fused-ring (bicyclic) bond motifs is 1. The second-order valence-electron chi connectivity index (χ2n) is 3.94. The van der Waals surface area contributed by atoms with Gasteiger partial charge >= 0.3 is 0 Å². The van der Waals surface area contributed by atoms with Crippen LogP contribution in [0.2, 0.25) is 5.15 Å². The van der Waals surface area contributed by atoms with Crippen LogP contribution < -0.4 is 5.32 Å². The van der Waals surface area contributed by atoms with Crippen LogP contribution in [0.5, 0.6) is 0 Å². The predicted molar refractivity (Wildman–Crippen MR) is 61.8 cm³/mol. The molecule has 2 rings (SSSR count). The van der Waals surface area contributed by atoms with Crippen molar-refractivity contribution in [2.24, 2.45) is 0 Å². The average molecular weight is 241 g/mol. The van der Waals surface area contributed by atoms with Gasteiger partial charge in [0.05, 0.1) is 6.04 Å². The number of aromatic nitrogens is 1. The molecule has 1 aliphatic rings. The molecule has 0 spiro atoms. The highest BCUT2D eigenvalue weighted by atomic mass is 35.5. The summed E-state index contributed by atoms with van der Waals surface area (Å²) >= 11 is 5.86. The highest BCUT2D eigenvalue weighted by molar-refractivity contribution is 6.29. The van der Waals surface area contributed by atoms with Gasteiger partial charge in [0, 0.05) is 18.6 Å². The Kier molecular flexibility index (Phi) is 3.12. The first kappa shape index (κ1) is 11.4. The summed E-state index contributed by atoms with van der Waals surface area (Å²) < 4.78 is 0. The number of halogens is 1. The third-order valence-electron chi connectivity index (χ3n) is 2.78. The van der Waals surface area contributed by atoms with Crippen molar-refractivity contribution >= 4 is 23.2 Å². The molecule has 4 nitrogen and oxygen atoms in total. The number of aryl methyl sites for hydroxylation is 1. The van der Waals surface area contributed by atoms with Gasteiger partial charge in [0.1, 0.15) is 11.0 Å². The van der Waals surface area contributed by atoms with E-state index >= 15 is 0 Å². The molecule has 0 aliphatic carbocycles. The van der Waals surface area contributed by atoms with Gasteiger partial charge in [-0.3, -0.25) is 4.79 Å². The molecule has 2 heterocycles. The number of nitrogens with one attached hydrogen (secondary N) is 1. The van der Waals surface area contributed by atoms with Crippen molar-refractivity contribution in [1.29, 1.82) is 0 Å². The minimum Gasteiger partial charge on any atom is -0.396 e. The standard InChI is InChI=1S/C11H13ClN2O2/c1-6-4-10(12)14-11-7(6)5-9(16)8(13-11)2-3-15/h4,8,15H,2-3,5H2,1H3,(H,13,14)/t8-/m0/s1. The molecule has 0 radical (unpaired) electrons. The molecule has 0 aromatic carbocycles. The Balaban J connectivity index is 2.35. The van der Waals surface area contributed by atoms with Gasteiger partial charge in [-0.2, -0.15) is 0 Å². The molecule has 0 fully saturated rings. The van der Waals surface area contributed by atoms with Crippen LogP contribution in [-0.2, 0) is 11.2 Å². The number of carbonyl (C=O) groups excluding carboxylic acids is 1. The molecule has 16 heavy (non-hydrogen) atoms. The van der Waals surface area contributed by atoms with Crippen LogP contribution in [0.15, 0.2) is 6.07 Å². The molecule has 0 unspecified atom stereocenters. The van der Waals surface area contributed by atoms with E-state index in [0.717, 1.165) is 11.1 Å². The van der Waals surface area contributed by atoms with Crippen LogP contribution >= 0.6 is 11.6 Å². The summed E-state index contributed by atoms with van der Waals surface area (Å²) in [7, 11) is 0. The van der Waals surface area contributed by atoms with Crippen molar-refractivity contribution in [2.75, 3.05) is 11.9 Å². The molecule has 2 N–H and O–H groups in total. The van der Waals surface area contributed by atoms with Crippen molar-refractivity contribution in [1.82, 2.24) is 4.98 Å². The number of aliphatic hydroxyl groups is 1. The first-order valence-corrected chi connectivity index (χ1v) is 5.55. The number of hydrogen-bond donors (Lipinski definition) is 2. The highest BCUT2D eigenvalue weighted by Crippen LogP contribution is 2.27. The lowest BCUT2D eigenvalue weighted by Gasteiger charge is -2.25. The Morgan fingerprint density at radius 2 is 2.44 bits per heavy atom. The van der Waals surface area contributed by atoms with Gasteiger partial charge in [-0.15, -0.1) is 0 Å². The monoisotopic (exact) mass is 240 g/mol. The number of anilines is 1. The molecule has 86 valence electrons. The van der Waals surface area contributed by atoms with Crippen molar-refractivity contribution in [2.45, 2.75) is 25.8 Å². The second-order valence-corrected chi connectivity index (χ2v) is 4.33. The Labute approximate surface area is 98.6 Å². The molecule has 1 atom stereocenters. The first-order chi connectivity index (χ1) is 7.61. The Morgan fingerprint density at radius 1 is 1.69 bits per heavy atom. The largest absolute Gasteiger partial charge is 0.396 e. The number of carbonyl (C=O) groups is 1. The SMILES string of the molecule is Cc1cc(Cl)nc2c1CC(=O)[C@H](CCO)N2. The zero-order valence-electron chi connectivity index (χ0n) is 8.96. The van der Waals surface area contributed by atoms with Crippen LogP contribution in [0.3, 0.4) is 0 Å². The van der Waals surface area contributed by atoms with E-state index in [1.165, 1.54) is 0 Å². The van der Waals surface area contributed by atoms with E-state index < -0.39 is 0 Å². The first-order valence-electron chi connectivity index (χ1n) is 5.18. The highest BCUT2D eigenvalue weighted by Gasteiger charge is 2.27. The lowest BCUT2D eigenvalue weighted by atomic mass is 9.95. The molecule has 0 amide bonds. The third-order valence-corrected chi connectivity index (χ3v) is 2.98. The molecule has 1 aromatic rings. The second kappa shape index (κ2) is 4.39. The number of ketones is 1. The fourth-order valence-electron chi connectivity index (χ4n) is 1.91. The van der Waals surface area contributed by atoms with Gasteiger partial charge in [0.2, 0.25) is 0 Å². The third kappa shape index (κ3) is 2.03. The Hall–Kier alpha value is -1.13. The van der Waals surface area contributed by atoms with E-state index in [2.05, 4.69) is 10.3 Å². The van der Waals surface area contributed by atoms with Crippen molar-refractivity contribution in [3.05, 3.63) is 22.3 Å². The maximum absolute atomic E-state index is 11.7. The summed E-state index contributed by atoms with van der Waals surface area (Å²) in [6, 6.07) is 1.41. The van der Waals surface area contributed by atoms with Crippen LogP contribution in [-0.4, -0.2) is 28.5 Å². The van der Waals surface area contributed by atoms with Crippen molar-refractivity contribution in [3.63, 3.8) is 0 Å². The van der Waals surface area contributed by atoms with E-state index in [-0.39, 0.29) is 18.4 Å². The van der Waals surface area contributed by atoms with Gasteiger partial charge in [-0.05, 0) is 25.0 Å². The van der Waals surface area contributed by atoms with E-state index in [9.17, 15) is 4.79 Å². The smallest absolute Gasteiger partial charge is 0.159 e. The van der Waals surface area contributed by atoms with Gasteiger partial charge in [-0.25, -0.2) is 4.98 Å². The summed E-state index contributed by atoms with van der Waals surface area (Å²) in [5, 5.41) is 12.3. The minimum atomic E-state index is -0.345. The maximum Gasteiger partial charge on any atom is 0.159 e. The summed E-state index contributed by atoms with van der Waals surface area (Å²) in [4.78, 5) is 15.9. The number of rotatable bonds is 2. The van der Waals surface area contributed by atoms with Crippen molar-refractivity contribution < 1.29 is 9.90 Å². The number of nitrogens with zero attached hydrogens (tertiary/aromatic N) is 1. The topological polar surface area (TPSA) is 62.2 Å². The molecule has 5 heteroatoms. The fraction of sp³-hybridized carbons (Fsp3) is 0.455. The van der Waals surface area contributed by atoms with Crippen LogP contribution in [0.4, 0.5) is 5.82 Å². The van der Waals surface area contributed by atoms with Gasteiger partial charge in [-0.1, -0.05) is 11.6 Å². The summed E-state index contributed by atoms with van der Waals surface area (Å²) in [6.07, 6.45) is 0.772. The number of pyridine rings is 1. The molecule has 1 aromatic heterocycles. The van der Waals surface area contributed by atoms with E-state index in [1.807, 2.05) is 6.92 Å². The van der Waals surface area contributed by atoms with Crippen LogP contribution in [0, 0.1) is 6.92 Å². The molecule has 0 bridgehead atoms. The summed E-state index contributed by atoms with van der Waals surface area (Å²) in [5.74, 6) is 0.761. The van der Waals surface area contributed by atoms with Gasteiger partial charge in [0.25, 0.3) is 0 Å². The summed E-state index contributed by atoms with van der Waals surface area (Å²) in [6.45, 7) is 1.89. The molecular formula is C11H13ClN2O2. The van der Waals surface area contributed by atoms with Crippen LogP contribution in [0.25, 0.3) is 0 Å². The quantitative estimate of drug-likeness (QED) is 0.766. The number of Topliss-reactive ketones (excluding diaryl/α,β-unsaturated/α-hetero) is 1. The van der Waals surface area contributed by atoms with E-state index in [1.54, 1.807) is 6.07 Å². The zero-order valence-corrected chi connectivity index (χ0v) is 9.71. The Bertz CT molecular complexity index is 434. The fourth-order valence-corrected chi connectivity index (χ4v) is 2.16. The van der Waals surface area contributed by atoms with Gasteiger partial charge < -0.3 is 10.4 Å². The molecule has 0 saturated carbocycles. The normalized spacial score (nSPS) is 19.2. The lowest BCUT2D eigenvalue weighted by molar-refractivity contribution is -0.119. The molecule has 1 aliphatic heterocycles. The average Bonchev–Trinajstić information content (AvgIpc) is 2.21. The number of hydrogen-bond acceptors (Lipinski definition) is 4. The zero-order chi connectivity index (χ0) is 11.7. The molecule has 0 saturated heterocycles. The van der Waals surface area contributed by atoms with E-state index in [0.29, 0.717) is 23.8 Å². The Morgan fingerprint density at radius 3 is 3.12 bits per heavy atom. The summed E-state index contributed by atoms with van der Waals surface area (Å²) in [5.41, 5.74) is 1.88. The van der Waals surface area contributed by atoms with E-state index in [4.69, 9.17) is 16.7 Å². The minimum absolute atomic E-state index is 0.0156. The predicted octanol–water partition coefficient (Wildman–Crippen LogP) is 1.33. The number of aliphatic hydroxyl groups excluding tert-OH is 1.